The third-order valence-corrected chi connectivity index (χ3v) is 2.53. The van der Waals surface area contributed by atoms with Crippen molar-refractivity contribution in [3.8, 4) is 0 Å². The second-order valence-corrected chi connectivity index (χ2v) is 2.43. The van der Waals surface area contributed by atoms with Gasteiger partial charge in [-0.3, -0.25) is 0 Å². The van der Waals surface area contributed by atoms with E-state index in [1.165, 1.54) is 0 Å². The zero-order chi connectivity index (χ0) is 4.99. The Balaban J connectivity index is 3.22. The fraction of sp³-hybridized carbons (Fsp3) is 0.333. The van der Waals surface area contributed by atoms with Crippen molar-refractivity contribution in [2.75, 3.05) is 5.88 Å². The van der Waals surface area contributed by atoms with Crippen LogP contribution < -0.4 is 0 Å². The molecule has 0 heterocycles. The zero-order valence-corrected chi connectivity index (χ0v) is 6.85. The summed E-state index contributed by atoms with van der Waals surface area (Å²) in [5.41, 5.74) is 0. The zero-order valence-electron chi connectivity index (χ0n) is 2.92. The molecule has 3 heteroatoms. The first-order valence-corrected chi connectivity index (χ1v) is 3.56. The largest absolute Gasteiger partial charge is 0.121 e. The summed E-state index contributed by atoms with van der Waals surface area (Å²) in [6.07, 6.45) is 0. The molecule has 0 saturated carbocycles. The second kappa shape index (κ2) is 4.16. The van der Waals surface area contributed by atoms with E-state index in [0.717, 1.165) is 4.48 Å². The summed E-state index contributed by atoms with van der Waals surface area (Å²) >= 11 is 11.5. The third kappa shape index (κ3) is 3.19. The number of alkyl halides is 1. The molecule has 0 saturated heterocycles. The Morgan fingerprint density at radius 2 is 2.33 bits per heavy atom. The van der Waals surface area contributed by atoms with Crippen molar-refractivity contribution in [1.29, 1.82) is 0 Å². The quantitative estimate of drug-likeness (QED) is 0.612. The van der Waals surface area contributed by atoms with Gasteiger partial charge < -0.3 is 0 Å². The summed E-state index contributed by atoms with van der Waals surface area (Å²) in [5, 5.41) is 0. The maximum atomic E-state index is 5.31. The minimum atomic E-state index is 0.533. The molecule has 0 rings (SSSR count). The third-order valence-electron chi connectivity index (χ3n) is 0.246. The Labute approximate surface area is 58.8 Å². The smallest absolute Gasteiger partial charge is 0.0545 e. The minimum Gasteiger partial charge on any atom is -0.121 e. The molecule has 0 radical (unpaired) electrons. The normalized spacial score (nSPS) is 12.2. The van der Waals surface area contributed by atoms with Crippen molar-refractivity contribution in [3.63, 3.8) is 0 Å². The lowest BCUT2D eigenvalue weighted by Gasteiger charge is -1.78. The summed E-state index contributed by atoms with van der Waals surface area (Å²) in [6, 6.07) is 0. The highest BCUT2D eigenvalue weighted by molar-refractivity contribution is 9.14. The van der Waals surface area contributed by atoms with Gasteiger partial charge in [0.05, 0.1) is 5.88 Å². The fourth-order valence-corrected chi connectivity index (χ4v) is 0.455. The van der Waals surface area contributed by atoms with Crippen LogP contribution in [-0.4, -0.2) is 5.88 Å². The summed E-state index contributed by atoms with van der Waals surface area (Å²) in [4.78, 5) is 1.74. The first-order valence-electron chi connectivity index (χ1n) is 1.32. The van der Waals surface area contributed by atoms with Gasteiger partial charge in [-0.25, -0.2) is 0 Å². The molecule has 6 heavy (non-hydrogen) atoms. The minimum absolute atomic E-state index is 0.533. The highest BCUT2D eigenvalue weighted by Crippen LogP contribution is 2.07. The van der Waals surface area contributed by atoms with Crippen LogP contribution in [0.15, 0.2) is 9.47 Å². The van der Waals surface area contributed by atoms with Gasteiger partial charge in [0.15, 0.2) is 0 Å². The molecule has 0 aromatic heterocycles. The highest BCUT2D eigenvalue weighted by atomic mass is 79.9. The predicted molar refractivity (Wildman–Crippen MR) is 36.7 cm³/mol. The van der Waals surface area contributed by atoms with Crippen molar-refractivity contribution < 1.29 is 0 Å². The molecule has 0 fully saturated rings. The van der Waals surface area contributed by atoms with Gasteiger partial charge in [-0.1, -0.05) is 31.9 Å². The van der Waals surface area contributed by atoms with Crippen molar-refractivity contribution in [3.05, 3.63) is 9.47 Å². The SMILES string of the molecule is ClCC(Br)=CBr. The maximum Gasteiger partial charge on any atom is 0.0545 e. The fourth-order valence-electron chi connectivity index (χ4n) is 0.0292. The van der Waals surface area contributed by atoms with Gasteiger partial charge in [0.25, 0.3) is 0 Å². The highest BCUT2D eigenvalue weighted by Gasteiger charge is 1.79. The monoisotopic (exact) mass is 232 g/mol. The van der Waals surface area contributed by atoms with E-state index in [9.17, 15) is 0 Å². The van der Waals surface area contributed by atoms with Crippen LogP contribution in [0.4, 0.5) is 0 Å². The molecule has 0 nitrogen and oxygen atoms in total. The van der Waals surface area contributed by atoms with E-state index in [1.807, 2.05) is 0 Å². The molecule has 36 valence electrons. The Morgan fingerprint density at radius 3 is 2.33 bits per heavy atom. The molecule has 0 atom stereocenters. The van der Waals surface area contributed by atoms with Crippen LogP contribution in [0.5, 0.6) is 0 Å². The van der Waals surface area contributed by atoms with Gasteiger partial charge in [0.2, 0.25) is 0 Å². The molecule has 0 aromatic carbocycles. The van der Waals surface area contributed by atoms with Gasteiger partial charge in [0.1, 0.15) is 0 Å². The molecule has 0 aromatic rings. The molecule has 0 bridgehead atoms. The molecular weight excluding hydrogens is 231 g/mol. The first-order chi connectivity index (χ1) is 2.81. The second-order valence-electron chi connectivity index (χ2n) is 0.690. The van der Waals surface area contributed by atoms with Crippen LogP contribution in [0.25, 0.3) is 0 Å². The Morgan fingerprint density at radius 1 is 1.83 bits per heavy atom. The predicted octanol–water partition coefficient (Wildman–Crippen LogP) is 2.86. The number of hydrogen-bond donors (Lipinski definition) is 0. The van der Waals surface area contributed by atoms with Crippen LogP contribution in [0.1, 0.15) is 0 Å². The molecule has 0 spiro atoms. The van der Waals surface area contributed by atoms with E-state index in [2.05, 4.69) is 31.9 Å². The van der Waals surface area contributed by atoms with E-state index < -0.39 is 0 Å². The lowest BCUT2D eigenvalue weighted by atomic mass is 10.8. The maximum absolute atomic E-state index is 5.31. The Kier molecular flexibility index (Phi) is 4.84. The molecule has 0 aliphatic rings. The standard InChI is InChI=1S/C3H3Br2Cl/c4-1-3(5)2-6/h1H,2H2. The average molecular weight is 234 g/mol. The number of hydrogen-bond acceptors (Lipinski definition) is 0. The average Bonchev–Trinajstić information content (AvgIpc) is 1.65. The van der Waals surface area contributed by atoms with E-state index in [0.29, 0.717) is 5.88 Å². The Bertz CT molecular complexity index is 59.8. The Hall–Kier alpha value is 0.990. The van der Waals surface area contributed by atoms with E-state index in [-0.39, 0.29) is 0 Å². The lowest BCUT2D eigenvalue weighted by Crippen LogP contribution is -1.62. The number of allylic oxidation sites excluding steroid dienone is 1. The number of halogens is 3. The number of rotatable bonds is 1. The molecule has 0 amide bonds. The summed E-state index contributed by atoms with van der Waals surface area (Å²) < 4.78 is 0.962. The van der Waals surface area contributed by atoms with Gasteiger partial charge in [-0.05, 0) is 4.99 Å². The first kappa shape index (κ1) is 6.99. The van der Waals surface area contributed by atoms with Gasteiger partial charge >= 0.3 is 0 Å². The van der Waals surface area contributed by atoms with E-state index in [4.69, 9.17) is 11.6 Å². The molecule has 0 N–H and O–H groups in total. The van der Waals surface area contributed by atoms with Crippen molar-refractivity contribution in [2.24, 2.45) is 0 Å². The van der Waals surface area contributed by atoms with E-state index >= 15 is 0 Å². The van der Waals surface area contributed by atoms with Crippen LogP contribution >= 0.6 is 43.5 Å². The summed E-state index contributed by atoms with van der Waals surface area (Å²) in [5.74, 6) is 0.533. The topological polar surface area (TPSA) is 0 Å². The van der Waals surface area contributed by atoms with Crippen molar-refractivity contribution >= 4 is 43.5 Å². The van der Waals surface area contributed by atoms with Crippen LogP contribution in [-0.2, 0) is 0 Å². The van der Waals surface area contributed by atoms with Crippen molar-refractivity contribution in [2.45, 2.75) is 0 Å². The molecule has 0 unspecified atom stereocenters. The van der Waals surface area contributed by atoms with Gasteiger partial charge in [-0.15, -0.1) is 11.6 Å². The molecular formula is C3H3Br2Cl. The molecule has 0 aliphatic heterocycles. The summed E-state index contributed by atoms with van der Waals surface area (Å²) in [7, 11) is 0. The van der Waals surface area contributed by atoms with Crippen LogP contribution in [0.2, 0.25) is 0 Å². The van der Waals surface area contributed by atoms with Crippen LogP contribution in [0.3, 0.4) is 0 Å². The van der Waals surface area contributed by atoms with E-state index in [1.54, 1.807) is 4.99 Å². The van der Waals surface area contributed by atoms with Crippen LogP contribution in [0, 0.1) is 0 Å². The molecule has 0 aliphatic carbocycles. The van der Waals surface area contributed by atoms with Crippen molar-refractivity contribution in [1.82, 2.24) is 0 Å². The van der Waals surface area contributed by atoms with Gasteiger partial charge in [0, 0.05) is 4.48 Å². The lowest BCUT2D eigenvalue weighted by molar-refractivity contribution is 1.75. The summed E-state index contributed by atoms with van der Waals surface area (Å²) in [6.45, 7) is 0. The van der Waals surface area contributed by atoms with Gasteiger partial charge in [-0.2, -0.15) is 0 Å².